The van der Waals surface area contributed by atoms with Crippen molar-refractivity contribution in [2.45, 2.75) is 65.0 Å². The van der Waals surface area contributed by atoms with Crippen molar-refractivity contribution in [2.75, 3.05) is 24.5 Å². The molecule has 190 valence electrons. The van der Waals surface area contributed by atoms with Gasteiger partial charge in [-0.05, 0) is 52.8 Å². The van der Waals surface area contributed by atoms with Gasteiger partial charge in [0.1, 0.15) is 17.7 Å². The summed E-state index contributed by atoms with van der Waals surface area (Å²) >= 11 is 0. The molecule has 0 radical (unpaired) electrons. The van der Waals surface area contributed by atoms with E-state index in [4.69, 9.17) is 4.74 Å². The van der Waals surface area contributed by atoms with Crippen LogP contribution in [-0.2, 0) is 14.8 Å². The number of aromatic nitrogens is 3. The molecule has 1 aliphatic rings. The summed E-state index contributed by atoms with van der Waals surface area (Å²) in [4.78, 5) is 25.3. The van der Waals surface area contributed by atoms with Gasteiger partial charge >= 0.3 is 6.09 Å². The number of piperazine rings is 1. The Hall–Kier alpha value is -3.14. The van der Waals surface area contributed by atoms with Gasteiger partial charge in [0.2, 0.25) is 0 Å². The topological polar surface area (TPSA) is 97.6 Å². The average Bonchev–Trinajstić information content (AvgIpc) is 3.16. The maximum atomic E-state index is 13.3. The largest absolute Gasteiger partial charge is 0.444 e. The van der Waals surface area contributed by atoms with E-state index < -0.39 is 15.6 Å². The highest BCUT2D eigenvalue weighted by atomic mass is 32.2. The van der Waals surface area contributed by atoms with Crippen molar-refractivity contribution in [1.82, 2.24) is 18.8 Å². The number of aryl methyl sites for hydroxylation is 1. The van der Waals surface area contributed by atoms with Gasteiger partial charge in [0.25, 0.3) is 10.0 Å². The molecular weight excluding hydrogens is 466 g/mol. The van der Waals surface area contributed by atoms with Crippen LogP contribution in [0.15, 0.2) is 47.6 Å². The van der Waals surface area contributed by atoms with Gasteiger partial charge in [0.05, 0.1) is 10.3 Å². The van der Waals surface area contributed by atoms with Crippen LogP contribution in [0, 0.1) is 6.92 Å². The molecule has 1 atom stereocenters. The maximum absolute atomic E-state index is 13.3. The van der Waals surface area contributed by atoms with Crippen LogP contribution in [0.4, 0.5) is 10.6 Å². The Morgan fingerprint density at radius 2 is 1.74 bits per heavy atom. The minimum atomic E-state index is -3.81. The SMILES string of the molecule is CC.Cc1cc2c(N3CCN(C(=O)OC(C)(C)C)[C@H](C)C3)ncnc2n1S(=O)(=O)c1ccccc1. The fourth-order valence-electron chi connectivity index (χ4n) is 4.10. The van der Waals surface area contributed by atoms with Crippen molar-refractivity contribution >= 4 is 33.0 Å². The Labute approximate surface area is 207 Å². The first-order valence-corrected chi connectivity index (χ1v) is 13.3. The molecule has 0 aliphatic carbocycles. The second kappa shape index (κ2) is 10.2. The Morgan fingerprint density at radius 1 is 1.09 bits per heavy atom. The van der Waals surface area contributed by atoms with Crippen LogP contribution in [0.2, 0.25) is 0 Å². The minimum Gasteiger partial charge on any atom is -0.444 e. The van der Waals surface area contributed by atoms with Crippen molar-refractivity contribution in [2.24, 2.45) is 0 Å². The monoisotopic (exact) mass is 501 g/mol. The lowest BCUT2D eigenvalue weighted by molar-refractivity contribution is 0.0158. The number of nitrogens with zero attached hydrogens (tertiary/aromatic N) is 5. The molecule has 0 saturated carbocycles. The van der Waals surface area contributed by atoms with Gasteiger partial charge in [-0.2, -0.15) is 0 Å². The van der Waals surface area contributed by atoms with Crippen LogP contribution in [0.25, 0.3) is 11.0 Å². The third-order valence-corrected chi connectivity index (χ3v) is 7.35. The molecule has 1 saturated heterocycles. The number of amides is 1. The zero-order valence-corrected chi connectivity index (χ0v) is 22.3. The molecule has 1 aliphatic heterocycles. The molecule has 0 bridgehead atoms. The highest BCUT2D eigenvalue weighted by Gasteiger charge is 2.33. The average molecular weight is 502 g/mol. The first-order valence-electron chi connectivity index (χ1n) is 11.9. The van der Waals surface area contributed by atoms with E-state index in [0.717, 1.165) is 0 Å². The smallest absolute Gasteiger partial charge is 0.410 e. The molecule has 3 heterocycles. The van der Waals surface area contributed by atoms with Crippen molar-refractivity contribution in [1.29, 1.82) is 0 Å². The number of hydrogen-bond acceptors (Lipinski definition) is 7. The van der Waals surface area contributed by atoms with Crippen LogP contribution in [0.3, 0.4) is 0 Å². The normalized spacial score (nSPS) is 16.6. The molecule has 3 aromatic rings. The molecule has 0 unspecified atom stereocenters. The van der Waals surface area contributed by atoms with Gasteiger partial charge in [0, 0.05) is 31.4 Å². The van der Waals surface area contributed by atoms with Gasteiger partial charge in [-0.3, -0.25) is 0 Å². The third kappa shape index (κ3) is 5.42. The molecule has 0 N–H and O–H groups in total. The van der Waals surface area contributed by atoms with Crippen molar-refractivity contribution in [3.05, 3.63) is 48.4 Å². The van der Waals surface area contributed by atoms with Gasteiger partial charge < -0.3 is 14.5 Å². The second-order valence-corrected chi connectivity index (χ2v) is 11.1. The Kier molecular flexibility index (Phi) is 7.74. The molecule has 0 spiro atoms. The zero-order valence-electron chi connectivity index (χ0n) is 21.5. The highest BCUT2D eigenvalue weighted by molar-refractivity contribution is 7.90. The first-order chi connectivity index (χ1) is 16.5. The molecular formula is C25H35N5O4S. The van der Waals surface area contributed by atoms with Crippen LogP contribution in [0.5, 0.6) is 0 Å². The van der Waals surface area contributed by atoms with Crippen LogP contribution < -0.4 is 4.90 Å². The van der Waals surface area contributed by atoms with E-state index in [2.05, 4.69) is 14.9 Å². The number of fused-ring (bicyclic) bond motifs is 1. The Morgan fingerprint density at radius 3 is 2.34 bits per heavy atom. The quantitative estimate of drug-likeness (QED) is 0.523. The van der Waals surface area contributed by atoms with E-state index in [1.807, 2.05) is 41.5 Å². The zero-order chi connectivity index (χ0) is 26.0. The number of hydrogen-bond donors (Lipinski definition) is 0. The van der Waals surface area contributed by atoms with Gasteiger partial charge in [0.15, 0.2) is 5.65 Å². The van der Waals surface area contributed by atoms with Gasteiger partial charge in [-0.15, -0.1) is 0 Å². The predicted octanol–water partition coefficient (Wildman–Crippen LogP) is 4.45. The molecule has 35 heavy (non-hydrogen) atoms. The summed E-state index contributed by atoms with van der Waals surface area (Å²) in [6, 6.07) is 10.0. The van der Waals surface area contributed by atoms with E-state index in [0.29, 0.717) is 42.2 Å². The summed E-state index contributed by atoms with van der Waals surface area (Å²) in [6.07, 6.45) is 1.05. The number of carbonyl (C=O) groups excluding carboxylic acids is 1. The van der Waals surface area contributed by atoms with E-state index in [1.54, 1.807) is 48.2 Å². The summed E-state index contributed by atoms with van der Waals surface area (Å²) in [6.45, 7) is 14.8. The summed E-state index contributed by atoms with van der Waals surface area (Å²) in [7, 11) is -3.81. The lowest BCUT2D eigenvalue weighted by atomic mass is 10.2. The molecule has 4 rings (SSSR count). The molecule has 1 aromatic carbocycles. The second-order valence-electron chi connectivity index (χ2n) is 9.27. The number of rotatable bonds is 3. The number of benzene rings is 1. The van der Waals surface area contributed by atoms with Gasteiger partial charge in [-0.1, -0.05) is 32.0 Å². The summed E-state index contributed by atoms with van der Waals surface area (Å²) in [5.41, 5.74) is 0.330. The minimum absolute atomic E-state index is 0.102. The maximum Gasteiger partial charge on any atom is 0.410 e. The van der Waals surface area contributed by atoms with E-state index in [9.17, 15) is 13.2 Å². The Bertz CT molecular complexity index is 1280. The summed E-state index contributed by atoms with van der Waals surface area (Å²) < 4.78 is 33.5. The first kappa shape index (κ1) is 26.5. The number of anilines is 1. The van der Waals surface area contributed by atoms with E-state index in [-0.39, 0.29) is 17.0 Å². The fourth-order valence-corrected chi connectivity index (χ4v) is 5.61. The van der Waals surface area contributed by atoms with Crippen molar-refractivity contribution in [3.63, 3.8) is 0 Å². The van der Waals surface area contributed by atoms with Crippen LogP contribution in [-0.4, -0.2) is 64.6 Å². The lowest BCUT2D eigenvalue weighted by Gasteiger charge is -2.40. The van der Waals surface area contributed by atoms with Crippen molar-refractivity contribution in [3.8, 4) is 0 Å². The van der Waals surface area contributed by atoms with E-state index in [1.165, 1.54) is 10.3 Å². The summed E-state index contributed by atoms with van der Waals surface area (Å²) in [5.74, 6) is 0.654. The molecule has 1 amide bonds. The Balaban J connectivity index is 0.00000167. The standard InChI is InChI=1S/C23H29N5O4S.C2H6/c1-16-13-19-20(26-11-12-27(17(2)14-26)22(29)32-23(3,4)5)24-15-25-21(19)28(16)33(30,31)18-9-7-6-8-10-18;1-2/h6-10,13,15,17H,11-12,14H2,1-5H3;1-2H3/t17-;/m1./s1. The molecule has 10 heteroatoms. The van der Waals surface area contributed by atoms with Gasteiger partial charge in [-0.25, -0.2) is 27.2 Å². The summed E-state index contributed by atoms with van der Waals surface area (Å²) in [5, 5.41) is 0.660. The number of carbonyl (C=O) groups is 1. The van der Waals surface area contributed by atoms with Crippen LogP contribution in [0.1, 0.15) is 47.2 Å². The molecule has 9 nitrogen and oxygen atoms in total. The third-order valence-electron chi connectivity index (χ3n) is 5.54. The van der Waals surface area contributed by atoms with Crippen molar-refractivity contribution < 1.29 is 17.9 Å². The predicted molar refractivity (Wildman–Crippen MR) is 137 cm³/mol. The molecule has 2 aromatic heterocycles. The van der Waals surface area contributed by atoms with E-state index >= 15 is 0 Å². The van der Waals surface area contributed by atoms with Crippen LogP contribution >= 0.6 is 0 Å². The highest BCUT2D eigenvalue weighted by Crippen LogP contribution is 2.30. The lowest BCUT2D eigenvalue weighted by Crippen LogP contribution is -2.55. The number of ether oxygens (including phenoxy) is 1. The molecule has 1 fully saturated rings. The fraction of sp³-hybridized carbons (Fsp3) is 0.480.